The molecule has 0 aromatic heterocycles. The fourth-order valence-electron chi connectivity index (χ4n) is 9.78. The van der Waals surface area contributed by atoms with Gasteiger partial charge in [-0.3, -0.25) is 32.5 Å². The van der Waals surface area contributed by atoms with E-state index in [0.29, 0.717) is 19.3 Å². The average Bonchev–Trinajstić information content (AvgIpc) is 1.83. The summed E-state index contributed by atoms with van der Waals surface area (Å²) in [5, 5.41) is 20.6. The van der Waals surface area contributed by atoms with Crippen LogP contribution in [-0.4, -0.2) is 95.9 Å². The van der Waals surface area contributed by atoms with E-state index in [1.54, 1.807) is 0 Å². The van der Waals surface area contributed by atoms with Crippen molar-refractivity contribution >= 4 is 33.6 Å². The summed E-state index contributed by atoms with van der Waals surface area (Å²) >= 11 is 0. The molecule has 0 aliphatic heterocycles. The maximum Gasteiger partial charge on any atom is 0.472 e. The van der Waals surface area contributed by atoms with Gasteiger partial charge in [-0.2, -0.15) is 0 Å². The lowest BCUT2D eigenvalue weighted by Crippen LogP contribution is -2.30. The molecule has 0 amide bonds. The van der Waals surface area contributed by atoms with Gasteiger partial charge in [-0.15, -0.1) is 0 Å². The number of hydrogen-bond acceptors (Lipinski definition) is 14. The monoisotopic (exact) mass is 1380 g/mol. The molecule has 0 rings (SSSR count). The predicted molar refractivity (Wildman–Crippen MR) is 390 cm³/mol. The largest absolute Gasteiger partial charge is 0.472 e. The maximum atomic E-state index is 12.9. The van der Waals surface area contributed by atoms with Crippen molar-refractivity contribution in [2.75, 3.05) is 39.6 Å². The second kappa shape index (κ2) is 70.1. The number of aliphatic hydroxyl groups excluding tert-OH is 2. The fourth-order valence-corrected chi connectivity index (χ4v) is 11.4. The van der Waals surface area contributed by atoms with Gasteiger partial charge in [-0.05, 0) is 128 Å². The van der Waals surface area contributed by atoms with Crippen LogP contribution in [0.3, 0.4) is 0 Å². The Balaban J connectivity index is 4.49. The van der Waals surface area contributed by atoms with Crippen molar-refractivity contribution in [2.24, 2.45) is 0 Å². The van der Waals surface area contributed by atoms with E-state index in [0.717, 1.165) is 148 Å². The molecule has 0 saturated carbocycles. The highest BCUT2D eigenvalue weighted by Gasteiger charge is 2.29. The first-order chi connectivity index (χ1) is 46.2. The van der Waals surface area contributed by atoms with Crippen molar-refractivity contribution in [3.05, 3.63) is 109 Å². The van der Waals surface area contributed by atoms with Crippen LogP contribution in [0.25, 0.3) is 0 Å². The molecule has 0 bridgehead atoms. The van der Waals surface area contributed by atoms with E-state index in [4.69, 9.17) is 32.3 Å². The van der Waals surface area contributed by atoms with Crippen molar-refractivity contribution in [1.82, 2.24) is 0 Å². The van der Waals surface area contributed by atoms with Crippen molar-refractivity contribution in [3.8, 4) is 0 Å². The molecule has 5 unspecified atom stereocenters. The second-order valence-corrected chi connectivity index (χ2v) is 27.6. The number of allylic oxidation sites excluding steroid dienone is 18. The minimum Gasteiger partial charge on any atom is -0.463 e. The number of rotatable bonds is 70. The van der Waals surface area contributed by atoms with Gasteiger partial charge in [0.25, 0.3) is 0 Å². The van der Waals surface area contributed by atoms with Gasteiger partial charge >= 0.3 is 33.6 Å². The van der Waals surface area contributed by atoms with E-state index < -0.39 is 91.5 Å². The summed E-state index contributed by atoms with van der Waals surface area (Å²) in [6.45, 7) is 2.49. The van der Waals surface area contributed by atoms with E-state index in [1.807, 2.05) is 0 Å². The Kier molecular flexibility index (Phi) is 67.3. The van der Waals surface area contributed by atoms with E-state index in [-0.39, 0.29) is 19.3 Å². The lowest BCUT2D eigenvalue weighted by molar-refractivity contribution is -0.161. The summed E-state index contributed by atoms with van der Waals surface area (Å²) in [4.78, 5) is 58.5. The molecule has 0 aromatic carbocycles. The minimum atomic E-state index is -4.93. The lowest BCUT2D eigenvalue weighted by Gasteiger charge is -2.21. The van der Waals surface area contributed by atoms with Crippen LogP contribution in [0.4, 0.5) is 0 Å². The molecule has 548 valence electrons. The van der Waals surface area contributed by atoms with Gasteiger partial charge in [0.2, 0.25) is 0 Å². The molecule has 0 aliphatic rings. The molecule has 0 fully saturated rings. The molecular weight excluding hydrogens is 1240 g/mol. The zero-order valence-corrected chi connectivity index (χ0v) is 61.4. The number of carbonyl (C=O) groups is 3. The molecular formula is C77H134O16P2. The first kappa shape index (κ1) is 91.2. The molecule has 0 heterocycles. The summed E-state index contributed by atoms with van der Waals surface area (Å²) in [6, 6.07) is 0. The van der Waals surface area contributed by atoms with E-state index in [1.165, 1.54) is 96.3 Å². The topological polar surface area (TPSA) is 231 Å². The molecule has 16 nitrogen and oxygen atoms in total. The van der Waals surface area contributed by atoms with Crippen LogP contribution in [0.2, 0.25) is 0 Å². The molecule has 0 aliphatic carbocycles. The minimum absolute atomic E-state index is 0.0853. The quantitative estimate of drug-likeness (QED) is 0.0146. The Bertz CT molecular complexity index is 2170. The summed E-state index contributed by atoms with van der Waals surface area (Å²) in [6.07, 6.45) is 80.0. The first-order valence-electron chi connectivity index (χ1n) is 37.2. The van der Waals surface area contributed by atoms with Gasteiger partial charge in [0.15, 0.2) is 6.10 Å². The van der Waals surface area contributed by atoms with Gasteiger partial charge in [0, 0.05) is 19.3 Å². The van der Waals surface area contributed by atoms with Crippen LogP contribution in [-0.2, 0) is 55.8 Å². The Hall–Kier alpha value is -3.79. The molecule has 4 N–H and O–H groups in total. The van der Waals surface area contributed by atoms with Crippen LogP contribution < -0.4 is 0 Å². The number of aliphatic hydroxyl groups is 2. The highest BCUT2D eigenvalue weighted by molar-refractivity contribution is 7.47. The standard InChI is InChI=1S/C77H134O16P2/c1-4-7-10-13-16-19-22-25-28-29-30-31-32-33-34-35-36-37-38-39-40-41-44-46-48-51-54-57-60-63-75(80)87-66-72(78)67-89-94(83,84)90-68-73(79)69-91-95(85,86)92-71-74(93-77(82)65-62-59-56-53-50-47-43-27-24-21-18-15-12-9-6-3)70-88-76(81)64-61-58-55-52-49-45-42-26-23-20-17-14-11-8-5-2/h7,10,16-21,25-28,30-31,33-34,42-43,72-74,78-79H,4-6,8-9,11-15,22-24,29,32,35-41,44-71H2,1-3H3,(H,83,84)(H,85,86)/b10-7-,19-16-,20-17-,21-18-,28-25-,31-30-,34-33-,42-26-,43-27-. The van der Waals surface area contributed by atoms with Crippen LogP contribution in [0.5, 0.6) is 0 Å². The fraction of sp³-hybridized carbons (Fsp3) is 0.727. The normalized spacial score (nSPS) is 14.7. The van der Waals surface area contributed by atoms with Crippen LogP contribution in [0.15, 0.2) is 109 Å². The first-order valence-corrected chi connectivity index (χ1v) is 40.2. The van der Waals surface area contributed by atoms with Crippen molar-refractivity contribution in [1.29, 1.82) is 0 Å². The molecule has 18 heteroatoms. The zero-order chi connectivity index (χ0) is 69.5. The van der Waals surface area contributed by atoms with Gasteiger partial charge in [-0.1, -0.05) is 265 Å². The number of phosphoric ester groups is 2. The number of phosphoric acid groups is 2. The zero-order valence-electron chi connectivity index (χ0n) is 59.6. The average molecular weight is 1380 g/mol. The van der Waals surface area contributed by atoms with E-state index in [9.17, 15) is 43.5 Å². The van der Waals surface area contributed by atoms with Crippen LogP contribution in [0, 0.1) is 0 Å². The maximum absolute atomic E-state index is 12.9. The Labute approximate surface area is 577 Å². The molecule has 0 spiro atoms. The number of unbranched alkanes of at least 4 members (excludes halogenated alkanes) is 29. The second-order valence-electron chi connectivity index (χ2n) is 24.7. The number of esters is 3. The van der Waals surface area contributed by atoms with E-state index in [2.05, 4.69) is 130 Å². The van der Waals surface area contributed by atoms with Gasteiger partial charge in [0.05, 0.1) is 26.4 Å². The third kappa shape index (κ3) is 71.3. The summed E-state index contributed by atoms with van der Waals surface area (Å²) < 4.78 is 61.0. The third-order valence-electron chi connectivity index (χ3n) is 15.5. The molecule has 0 aromatic rings. The van der Waals surface area contributed by atoms with Crippen LogP contribution >= 0.6 is 15.6 Å². The third-order valence-corrected chi connectivity index (χ3v) is 17.4. The Morgan fingerprint density at radius 2 is 0.558 bits per heavy atom. The van der Waals surface area contributed by atoms with Crippen molar-refractivity contribution in [3.63, 3.8) is 0 Å². The van der Waals surface area contributed by atoms with E-state index >= 15 is 0 Å². The van der Waals surface area contributed by atoms with Gasteiger partial charge < -0.3 is 34.2 Å². The van der Waals surface area contributed by atoms with Crippen molar-refractivity contribution in [2.45, 2.75) is 322 Å². The smallest absolute Gasteiger partial charge is 0.463 e. The lowest BCUT2D eigenvalue weighted by atomic mass is 10.0. The molecule has 95 heavy (non-hydrogen) atoms. The molecule has 5 atom stereocenters. The number of hydrogen-bond donors (Lipinski definition) is 4. The summed E-state index contributed by atoms with van der Waals surface area (Å²) in [7, 11) is -9.79. The Morgan fingerprint density at radius 1 is 0.305 bits per heavy atom. The summed E-state index contributed by atoms with van der Waals surface area (Å²) in [5.41, 5.74) is 0. The number of ether oxygens (including phenoxy) is 3. The SMILES string of the molecule is CC/C=C\C/C=C\C/C=C\C/C=C\C/C=C\CCCCCCCCCCCCCCCC(=O)OCC(O)COP(=O)(O)OCC(O)COP(=O)(O)OCC(COC(=O)CCCCCCC/C=C\C/C=C\CCCCC)OC(=O)CCCCCCC/C=C\C/C=C\CCCCC. The van der Waals surface area contributed by atoms with Crippen LogP contribution in [0.1, 0.15) is 303 Å². The number of carbonyl (C=O) groups excluding carboxylic acids is 3. The highest BCUT2D eigenvalue weighted by atomic mass is 31.2. The Morgan fingerprint density at radius 3 is 0.884 bits per heavy atom. The molecule has 0 radical (unpaired) electrons. The van der Waals surface area contributed by atoms with Crippen molar-refractivity contribution < 1.29 is 75.8 Å². The van der Waals surface area contributed by atoms with Gasteiger partial charge in [-0.25, -0.2) is 9.13 Å². The van der Waals surface area contributed by atoms with Gasteiger partial charge in [0.1, 0.15) is 25.4 Å². The summed E-state index contributed by atoms with van der Waals surface area (Å²) in [5.74, 6) is -1.60. The highest BCUT2D eigenvalue weighted by Crippen LogP contribution is 2.45. The molecule has 0 saturated heterocycles. The predicted octanol–water partition coefficient (Wildman–Crippen LogP) is 21.2.